The lowest BCUT2D eigenvalue weighted by Gasteiger charge is -2.33. The van der Waals surface area contributed by atoms with Gasteiger partial charge in [0.2, 0.25) is 0 Å². The number of aliphatic hydroxyl groups excluding tert-OH is 2. The molecule has 0 aromatic rings. The Morgan fingerprint density at radius 3 is 2.44 bits per heavy atom. The highest BCUT2D eigenvalue weighted by Crippen LogP contribution is 2.14. The minimum atomic E-state index is -1.09. The Labute approximate surface area is 161 Å². The van der Waals surface area contributed by atoms with Crippen molar-refractivity contribution < 1.29 is 34.0 Å². The minimum Gasteiger partial charge on any atom is -0.460 e. The maximum Gasteiger partial charge on any atom is 0.333 e. The molecule has 0 aliphatic carbocycles. The van der Waals surface area contributed by atoms with E-state index in [9.17, 15) is 14.7 Å². The molecule has 1 amide bonds. The second-order valence-electron chi connectivity index (χ2n) is 6.79. The van der Waals surface area contributed by atoms with Gasteiger partial charge < -0.3 is 29.7 Å². The molecule has 0 aliphatic heterocycles. The molecule has 158 valence electrons. The number of hydrogen-bond donors (Lipinski definition) is 3. The number of ether oxygens (including phenoxy) is 3. The maximum atomic E-state index is 12.3. The Balaban J connectivity index is 4.07. The van der Waals surface area contributed by atoms with Crippen LogP contribution in [-0.2, 0) is 23.8 Å². The summed E-state index contributed by atoms with van der Waals surface area (Å²) in [6.45, 7) is 10.9. The molecule has 0 saturated heterocycles. The van der Waals surface area contributed by atoms with Crippen molar-refractivity contribution in [2.24, 2.45) is 0 Å². The van der Waals surface area contributed by atoms with Crippen LogP contribution >= 0.6 is 0 Å². The van der Waals surface area contributed by atoms with Gasteiger partial charge in [-0.1, -0.05) is 6.58 Å². The summed E-state index contributed by atoms with van der Waals surface area (Å²) in [6, 6.07) is 0. The maximum absolute atomic E-state index is 12.3. The van der Waals surface area contributed by atoms with Gasteiger partial charge >= 0.3 is 5.97 Å². The van der Waals surface area contributed by atoms with Crippen LogP contribution in [0.5, 0.6) is 0 Å². The smallest absolute Gasteiger partial charge is 0.333 e. The first kappa shape index (κ1) is 25.5. The van der Waals surface area contributed by atoms with E-state index in [-0.39, 0.29) is 45.4 Å². The molecule has 9 nitrogen and oxygen atoms in total. The Morgan fingerprint density at radius 2 is 1.89 bits per heavy atom. The average molecular weight is 390 g/mol. The van der Waals surface area contributed by atoms with Gasteiger partial charge in [-0.25, -0.2) is 4.79 Å². The van der Waals surface area contributed by atoms with Crippen LogP contribution in [0, 0.1) is 0 Å². The molecule has 0 spiro atoms. The summed E-state index contributed by atoms with van der Waals surface area (Å²) in [5, 5.41) is 21.1. The largest absolute Gasteiger partial charge is 0.460 e. The summed E-state index contributed by atoms with van der Waals surface area (Å²) in [5.74, 6) is -0.765. The monoisotopic (exact) mass is 390 g/mol. The quantitative estimate of drug-likeness (QED) is 0.160. The molecule has 0 radical (unpaired) electrons. The number of nitrogens with zero attached hydrogens (tertiary/aromatic N) is 1. The summed E-state index contributed by atoms with van der Waals surface area (Å²) in [7, 11) is 1.73. The fourth-order valence-electron chi connectivity index (χ4n) is 1.98. The fourth-order valence-corrected chi connectivity index (χ4v) is 1.98. The van der Waals surface area contributed by atoms with E-state index >= 15 is 0 Å². The van der Waals surface area contributed by atoms with E-state index in [1.807, 2.05) is 0 Å². The molecule has 0 aromatic heterocycles. The topological polar surface area (TPSA) is 118 Å². The number of amides is 1. The zero-order chi connectivity index (χ0) is 21.0. The third-order valence-corrected chi connectivity index (χ3v) is 3.68. The lowest BCUT2D eigenvalue weighted by molar-refractivity contribution is -0.164. The minimum absolute atomic E-state index is 0.123. The Morgan fingerprint density at radius 1 is 1.26 bits per heavy atom. The number of carbonyl (C=O) groups excluding carboxylic acids is 2. The van der Waals surface area contributed by atoms with E-state index < -0.39 is 23.9 Å². The van der Waals surface area contributed by atoms with Gasteiger partial charge in [0, 0.05) is 18.7 Å². The van der Waals surface area contributed by atoms with Crippen LogP contribution in [0.3, 0.4) is 0 Å². The molecule has 0 saturated carbocycles. The predicted octanol–water partition coefficient (Wildman–Crippen LogP) is -0.335. The van der Waals surface area contributed by atoms with E-state index in [4.69, 9.17) is 19.3 Å². The van der Waals surface area contributed by atoms with Crippen molar-refractivity contribution in [3.05, 3.63) is 12.2 Å². The number of esters is 1. The van der Waals surface area contributed by atoms with Gasteiger partial charge in [0.05, 0.1) is 25.9 Å². The van der Waals surface area contributed by atoms with Crippen molar-refractivity contribution >= 4 is 11.9 Å². The average Bonchev–Trinajstić information content (AvgIpc) is 2.59. The summed E-state index contributed by atoms with van der Waals surface area (Å²) < 4.78 is 15.9. The van der Waals surface area contributed by atoms with Crippen LogP contribution in [0.1, 0.15) is 27.7 Å². The van der Waals surface area contributed by atoms with Crippen molar-refractivity contribution in [1.29, 1.82) is 0 Å². The third kappa shape index (κ3) is 11.0. The highest BCUT2D eigenvalue weighted by atomic mass is 16.6. The molecule has 2 atom stereocenters. The van der Waals surface area contributed by atoms with Crippen molar-refractivity contribution in [3.8, 4) is 0 Å². The van der Waals surface area contributed by atoms with E-state index in [1.165, 1.54) is 0 Å². The van der Waals surface area contributed by atoms with E-state index in [2.05, 4.69) is 11.9 Å². The van der Waals surface area contributed by atoms with E-state index in [0.717, 1.165) is 0 Å². The van der Waals surface area contributed by atoms with Crippen molar-refractivity contribution in [2.45, 2.75) is 45.6 Å². The Kier molecular flexibility index (Phi) is 12.1. The second kappa shape index (κ2) is 12.8. The lowest BCUT2D eigenvalue weighted by Crippen LogP contribution is -2.50. The third-order valence-electron chi connectivity index (χ3n) is 3.68. The molecule has 0 rings (SSSR count). The van der Waals surface area contributed by atoms with E-state index in [0.29, 0.717) is 5.57 Å². The SMILES string of the molecule is C=C(C)C(=O)OCCOCCNC(=O)C(C)(C)OC(C)N(C)CC(O)CO. The molecular formula is C18H34N2O7. The zero-order valence-corrected chi connectivity index (χ0v) is 17.0. The van der Waals surface area contributed by atoms with Crippen molar-refractivity contribution in [1.82, 2.24) is 10.2 Å². The molecule has 3 N–H and O–H groups in total. The Bertz CT molecular complexity index is 482. The predicted molar refractivity (Wildman–Crippen MR) is 100.0 cm³/mol. The zero-order valence-electron chi connectivity index (χ0n) is 17.0. The van der Waals surface area contributed by atoms with Crippen LogP contribution in [0.4, 0.5) is 0 Å². The van der Waals surface area contributed by atoms with Crippen LogP contribution in [-0.4, -0.2) is 91.5 Å². The first-order valence-electron chi connectivity index (χ1n) is 8.87. The standard InChI is InChI=1S/C18H34N2O7/c1-13(2)16(23)26-10-9-25-8-7-19-17(24)18(4,5)27-14(3)20(6)11-15(22)12-21/h14-15,21-22H,1,7-12H2,2-6H3,(H,19,24). The van der Waals surface area contributed by atoms with Gasteiger partial charge in [-0.15, -0.1) is 0 Å². The highest BCUT2D eigenvalue weighted by molar-refractivity contribution is 5.86. The molecule has 2 unspecified atom stereocenters. The highest BCUT2D eigenvalue weighted by Gasteiger charge is 2.31. The summed E-state index contributed by atoms with van der Waals surface area (Å²) in [5.41, 5.74) is -0.760. The number of hydrogen-bond acceptors (Lipinski definition) is 8. The van der Waals surface area contributed by atoms with Gasteiger partial charge in [-0.2, -0.15) is 0 Å². The lowest BCUT2D eigenvalue weighted by atomic mass is 10.1. The molecule has 9 heteroatoms. The summed E-state index contributed by atoms with van der Waals surface area (Å²) in [4.78, 5) is 25.1. The van der Waals surface area contributed by atoms with Crippen LogP contribution < -0.4 is 5.32 Å². The van der Waals surface area contributed by atoms with Gasteiger partial charge in [0.25, 0.3) is 5.91 Å². The number of likely N-dealkylation sites (N-methyl/N-ethyl adjacent to an activating group) is 1. The number of nitrogens with one attached hydrogen (secondary N) is 1. The number of aliphatic hydroxyl groups is 2. The molecule has 27 heavy (non-hydrogen) atoms. The van der Waals surface area contributed by atoms with E-state index in [1.54, 1.807) is 39.6 Å². The van der Waals surface area contributed by atoms with Crippen molar-refractivity contribution in [2.75, 3.05) is 46.6 Å². The normalized spacial score (nSPS) is 13.9. The van der Waals surface area contributed by atoms with Crippen molar-refractivity contribution in [3.63, 3.8) is 0 Å². The Hall–Kier alpha value is -1.52. The van der Waals surface area contributed by atoms with Gasteiger partial charge in [0.1, 0.15) is 18.4 Å². The molecular weight excluding hydrogens is 356 g/mol. The molecule has 0 heterocycles. The molecule has 0 aromatic carbocycles. The van der Waals surface area contributed by atoms with Gasteiger partial charge in [-0.3, -0.25) is 9.69 Å². The van der Waals surface area contributed by atoms with Crippen LogP contribution in [0.15, 0.2) is 12.2 Å². The van der Waals surface area contributed by atoms with Crippen LogP contribution in [0.25, 0.3) is 0 Å². The second-order valence-corrected chi connectivity index (χ2v) is 6.79. The number of carbonyl (C=O) groups is 2. The summed E-state index contributed by atoms with van der Waals surface area (Å²) in [6.07, 6.45) is -1.31. The molecule has 0 aliphatic rings. The summed E-state index contributed by atoms with van der Waals surface area (Å²) >= 11 is 0. The fraction of sp³-hybridized carbons (Fsp3) is 0.778. The molecule has 0 fully saturated rings. The first-order valence-corrected chi connectivity index (χ1v) is 8.87. The van der Waals surface area contributed by atoms with Gasteiger partial charge in [-0.05, 0) is 34.7 Å². The molecule has 0 bridgehead atoms. The first-order chi connectivity index (χ1) is 12.5. The number of rotatable bonds is 14. The van der Waals surface area contributed by atoms with Crippen LogP contribution in [0.2, 0.25) is 0 Å². The van der Waals surface area contributed by atoms with Gasteiger partial charge in [0.15, 0.2) is 0 Å².